The Kier molecular flexibility index (Phi) is 2.20. The van der Waals surface area contributed by atoms with Gasteiger partial charge >= 0.3 is 0 Å². The van der Waals surface area contributed by atoms with Gasteiger partial charge in [-0.1, -0.05) is 0 Å². The van der Waals surface area contributed by atoms with E-state index >= 15 is 0 Å². The van der Waals surface area contributed by atoms with Crippen molar-refractivity contribution in [2.45, 2.75) is 13.2 Å². The third-order valence-electron chi connectivity index (χ3n) is 2.37. The number of aliphatic hydroxyl groups excluding tert-OH is 1. The van der Waals surface area contributed by atoms with Gasteiger partial charge < -0.3 is 20.1 Å². The van der Waals surface area contributed by atoms with Crippen molar-refractivity contribution in [3.63, 3.8) is 0 Å². The van der Waals surface area contributed by atoms with Crippen molar-refractivity contribution in [1.82, 2.24) is 9.88 Å². The molecule has 6 nitrogen and oxygen atoms in total. The van der Waals surface area contributed by atoms with Crippen LogP contribution in [0.3, 0.4) is 0 Å². The van der Waals surface area contributed by atoms with Crippen LogP contribution in [0.25, 0.3) is 0 Å². The number of nitrogens with one attached hydrogen (secondary N) is 1. The summed E-state index contributed by atoms with van der Waals surface area (Å²) in [6.45, 7) is 0.516. The van der Waals surface area contributed by atoms with Crippen molar-refractivity contribution >= 4 is 5.91 Å². The second-order valence-corrected chi connectivity index (χ2v) is 3.26. The van der Waals surface area contributed by atoms with Gasteiger partial charge in [-0.25, -0.2) is 0 Å². The number of amides is 1. The van der Waals surface area contributed by atoms with E-state index in [0.717, 1.165) is 6.07 Å². The van der Waals surface area contributed by atoms with Crippen LogP contribution in [0, 0.1) is 0 Å². The molecule has 0 radical (unpaired) electrons. The van der Waals surface area contributed by atoms with Crippen molar-refractivity contribution in [2.75, 3.05) is 6.54 Å². The predicted octanol–water partition coefficient (Wildman–Crippen LogP) is -1.21. The van der Waals surface area contributed by atoms with Gasteiger partial charge in [-0.2, -0.15) is 0 Å². The summed E-state index contributed by atoms with van der Waals surface area (Å²) < 4.78 is 1.45. The largest absolute Gasteiger partial charge is 0.503 e. The lowest BCUT2D eigenvalue weighted by Crippen LogP contribution is -2.38. The molecule has 1 aromatic rings. The van der Waals surface area contributed by atoms with Crippen LogP contribution < -0.4 is 10.7 Å². The van der Waals surface area contributed by atoms with Crippen LogP contribution in [0.1, 0.15) is 16.2 Å². The van der Waals surface area contributed by atoms with Gasteiger partial charge in [-0.3, -0.25) is 9.59 Å². The summed E-state index contributed by atoms with van der Waals surface area (Å²) in [6.07, 6.45) is 0. The summed E-state index contributed by atoms with van der Waals surface area (Å²) in [5.41, 5.74) is -0.386. The van der Waals surface area contributed by atoms with Gasteiger partial charge in [-0.05, 0) is 0 Å². The molecule has 0 fully saturated rings. The summed E-state index contributed by atoms with van der Waals surface area (Å²) in [5.74, 6) is -1.06. The number of hydrogen-bond acceptors (Lipinski definition) is 4. The Morgan fingerprint density at radius 1 is 1.47 bits per heavy atom. The van der Waals surface area contributed by atoms with Crippen LogP contribution in [-0.4, -0.2) is 27.2 Å². The summed E-state index contributed by atoms with van der Waals surface area (Å²) >= 11 is 0. The average Bonchev–Trinajstić information content (AvgIpc) is 2.23. The van der Waals surface area contributed by atoms with E-state index in [1.807, 2.05) is 0 Å². The highest BCUT2D eigenvalue weighted by Crippen LogP contribution is 2.16. The van der Waals surface area contributed by atoms with Gasteiger partial charge in [0.05, 0.1) is 6.61 Å². The molecule has 1 amide bonds. The Morgan fingerprint density at radius 3 is 2.87 bits per heavy atom. The minimum Gasteiger partial charge on any atom is -0.503 e. The van der Waals surface area contributed by atoms with Crippen LogP contribution in [0.2, 0.25) is 0 Å². The number of fused-ring (bicyclic) bond motifs is 1. The highest BCUT2D eigenvalue weighted by Gasteiger charge is 2.23. The first-order valence-corrected chi connectivity index (χ1v) is 4.50. The highest BCUT2D eigenvalue weighted by atomic mass is 16.3. The van der Waals surface area contributed by atoms with Gasteiger partial charge in [0.1, 0.15) is 0 Å². The standard InChI is InChI=1S/C9H10N2O4/c12-4-5-3-6(13)8(14)7-9(15)10-1-2-11(5)7/h3,12,14H,1-2,4H2,(H,10,15). The molecule has 0 unspecified atom stereocenters. The Morgan fingerprint density at radius 2 is 2.20 bits per heavy atom. The molecule has 1 aliphatic rings. The van der Waals surface area contributed by atoms with Gasteiger partial charge in [0.25, 0.3) is 5.91 Å². The van der Waals surface area contributed by atoms with Crippen LogP contribution >= 0.6 is 0 Å². The molecule has 0 spiro atoms. The number of aromatic nitrogens is 1. The number of aliphatic hydroxyl groups is 1. The molecule has 0 atom stereocenters. The molecule has 0 aliphatic carbocycles. The lowest BCUT2D eigenvalue weighted by molar-refractivity contribution is 0.0919. The number of pyridine rings is 1. The fourth-order valence-electron chi connectivity index (χ4n) is 1.67. The molecule has 6 heteroatoms. The van der Waals surface area contributed by atoms with Crippen molar-refractivity contribution in [3.05, 3.63) is 27.7 Å². The van der Waals surface area contributed by atoms with Gasteiger partial charge in [0, 0.05) is 24.8 Å². The van der Waals surface area contributed by atoms with Gasteiger partial charge in [0.15, 0.2) is 11.4 Å². The minimum atomic E-state index is -0.651. The van der Waals surface area contributed by atoms with E-state index < -0.39 is 17.1 Å². The third-order valence-corrected chi connectivity index (χ3v) is 2.37. The van der Waals surface area contributed by atoms with Crippen LogP contribution in [-0.2, 0) is 13.2 Å². The Hall–Kier alpha value is -1.82. The van der Waals surface area contributed by atoms with E-state index in [1.54, 1.807) is 0 Å². The topological polar surface area (TPSA) is 91.6 Å². The smallest absolute Gasteiger partial charge is 0.272 e. The lowest BCUT2D eigenvalue weighted by atomic mass is 10.2. The van der Waals surface area contributed by atoms with E-state index in [-0.39, 0.29) is 12.3 Å². The Bertz CT molecular complexity index is 478. The van der Waals surface area contributed by atoms with Crippen molar-refractivity contribution < 1.29 is 15.0 Å². The molecule has 0 bridgehead atoms. The van der Waals surface area contributed by atoms with Crippen LogP contribution in [0.15, 0.2) is 10.9 Å². The van der Waals surface area contributed by atoms with Crippen LogP contribution in [0.5, 0.6) is 5.75 Å². The van der Waals surface area contributed by atoms with Crippen LogP contribution in [0.4, 0.5) is 0 Å². The monoisotopic (exact) mass is 210 g/mol. The van der Waals surface area contributed by atoms with Crippen molar-refractivity contribution in [2.24, 2.45) is 0 Å². The second kappa shape index (κ2) is 3.39. The first kappa shape index (κ1) is 9.72. The highest BCUT2D eigenvalue weighted by molar-refractivity contribution is 5.95. The zero-order valence-electron chi connectivity index (χ0n) is 7.86. The first-order valence-electron chi connectivity index (χ1n) is 4.50. The number of carbonyl (C=O) groups is 1. The molecular formula is C9H10N2O4. The Balaban J connectivity index is 2.76. The summed E-state index contributed by atoms with van der Waals surface area (Å²) in [4.78, 5) is 22.7. The Labute approximate surface area is 84.8 Å². The maximum absolute atomic E-state index is 11.4. The van der Waals surface area contributed by atoms with Crippen molar-refractivity contribution in [1.29, 1.82) is 0 Å². The predicted molar refractivity (Wildman–Crippen MR) is 50.6 cm³/mol. The molecule has 2 heterocycles. The molecule has 0 aromatic carbocycles. The summed E-state index contributed by atoms with van der Waals surface area (Å²) in [5, 5.41) is 21.0. The quantitative estimate of drug-likeness (QED) is 0.542. The zero-order chi connectivity index (χ0) is 11.0. The maximum Gasteiger partial charge on any atom is 0.272 e. The fourth-order valence-corrected chi connectivity index (χ4v) is 1.67. The second-order valence-electron chi connectivity index (χ2n) is 3.26. The zero-order valence-corrected chi connectivity index (χ0v) is 7.86. The molecular weight excluding hydrogens is 200 g/mol. The molecule has 0 saturated carbocycles. The molecule has 1 aromatic heterocycles. The molecule has 1 aliphatic heterocycles. The van der Waals surface area contributed by atoms with E-state index in [9.17, 15) is 14.7 Å². The average molecular weight is 210 g/mol. The van der Waals surface area contributed by atoms with E-state index in [4.69, 9.17) is 5.11 Å². The van der Waals surface area contributed by atoms with Gasteiger partial charge in [0.2, 0.25) is 5.43 Å². The molecule has 3 N–H and O–H groups in total. The fraction of sp³-hybridized carbons (Fsp3) is 0.333. The summed E-state index contributed by atoms with van der Waals surface area (Å²) in [6, 6.07) is 1.14. The van der Waals surface area contributed by atoms with Gasteiger partial charge in [-0.15, -0.1) is 0 Å². The normalized spacial score (nSPS) is 14.6. The maximum atomic E-state index is 11.4. The minimum absolute atomic E-state index is 0.0715. The van der Waals surface area contributed by atoms with E-state index in [0.29, 0.717) is 18.8 Å². The first-order chi connectivity index (χ1) is 7.15. The number of nitrogens with zero attached hydrogens (tertiary/aromatic N) is 1. The summed E-state index contributed by atoms with van der Waals surface area (Å²) in [7, 11) is 0. The molecule has 15 heavy (non-hydrogen) atoms. The lowest BCUT2D eigenvalue weighted by Gasteiger charge is -2.22. The number of carbonyl (C=O) groups excluding carboxylic acids is 1. The molecule has 2 rings (SSSR count). The van der Waals surface area contributed by atoms with E-state index in [1.165, 1.54) is 4.57 Å². The number of rotatable bonds is 1. The molecule has 0 saturated heterocycles. The molecule has 80 valence electrons. The third kappa shape index (κ3) is 1.39. The number of hydrogen-bond donors (Lipinski definition) is 3. The number of aromatic hydroxyl groups is 1. The SMILES string of the molecule is O=C1NCCn2c(CO)cc(=O)c(O)c21. The van der Waals surface area contributed by atoms with E-state index in [2.05, 4.69) is 5.32 Å². The van der Waals surface area contributed by atoms with Crippen molar-refractivity contribution in [3.8, 4) is 5.75 Å².